The molecule has 0 N–H and O–H groups in total. The molecule has 0 aliphatic heterocycles. The van der Waals surface area contributed by atoms with Gasteiger partial charge < -0.3 is 0 Å². The molecule has 128 valence electrons. The van der Waals surface area contributed by atoms with Crippen LogP contribution in [-0.4, -0.2) is 4.98 Å². The largest absolute Gasteiger partial charge is 0.256 e. The van der Waals surface area contributed by atoms with E-state index in [1.54, 1.807) is 6.07 Å². The normalized spacial score (nSPS) is 21.0. The Morgan fingerprint density at radius 3 is 2.42 bits per heavy atom. The third kappa shape index (κ3) is 3.85. The Balaban J connectivity index is 1.73. The average Bonchev–Trinajstić information content (AvgIpc) is 2.62. The minimum Gasteiger partial charge on any atom is -0.256 e. The molecule has 1 aromatic heterocycles. The lowest BCUT2D eigenvalue weighted by Gasteiger charge is -2.27. The Kier molecular flexibility index (Phi) is 5.65. The first-order chi connectivity index (χ1) is 11.7. The second-order valence-electron chi connectivity index (χ2n) is 7.17. The molecule has 0 bridgehead atoms. The van der Waals surface area contributed by atoms with Gasteiger partial charge in [0.1, 0.15) is 5.82 Å². The van der Waals surface area contributed by atoms with Crippen molar-refractivity contribution in [3.05, 3.63) is 53.5 Å². The fourth-order valence-corrected chi connectivity index (χ4v) is 3.92. The molecule has 0 atom stereocenters. The van der Waals surface area contributed by atoms with Gasteiger partial charge in [-0.2, -0.15) is 0 Å². The first kappa shape index (κ1) is 17.1. The fraction of sp³-hybridized carbons (Fsp3) is 0.500. The van der Waals surface area contributed by atoms with Crippen LogP contribution in [0.2, 0.25) is 0 Å². The van der Waals surface area contributed by atoms with Crippen LogP contribution in [-0.2, 0) is 6.42 Å². The van der Waals surface area contributed by atoms with Crippen molar-refractivity contribution in [1.29, 1.82) is 0 Å². The van der Waals surface area contributed by atoms with E-state index in [1.807, 2.05) is 24.4 Å². The molecule has 1 aromatic carbocycles. The minimum atomic E-state index is -0.162. The van der Waals surface area contributed by atoms with Crippen molar-refractivity contribution in [2.24, 2.45) is 5.92 Å². The van der Waals surface area contributed by atoms with E-state index in [-0.39, 0.29) is 5.82 Å². The van der Waals surface area contributed by atoms with Crippen molar-refractivity contribution in [1.82, 2.24) is 4.98 Å². The van der Waals surface area contributed by atoms with E-state index in [1.165, 1.54) is 37.7 Å². The van der Waals surface area contributed by atoms with Gasteiger partial charge in [-0.05, 0) is 73.3 Å². The summed E-state index contributed by atoms with van der Waals surface area (Å²) < 4.78 is 14.4. The van der Waals surface area contributed by atoms with E-state index in [0.29, 0.717) is 11.5 Å². The minimum absolute atomic E-state index is 0.162. The maximum absolute atomic E-state index is 14.4. The lowest BCUT2D eigenvalue weighted by atomic mass is 9.78. The highest BCUT2D eigenvalue weighted by Crippen LogP contribution is 2.37. The molecular weight excluding hydrogens is 297 g/mol. The number of benzene rings is 1. The topological polar surface area (TPSA) is 12.9 Å². The molecular formula is C22H28FN. The van der Waals surface area contributed by atoms with Gasteiger partial charge >= 0.3 is 0 Å². The van der Waals surface area contributed by atoms with Crippen molar-refractivity contribution in [2.75, 3.05) is 0 Å². The van der Waals surface area contributed by atoms with Crippen molar-refractivity contribution >= 4 is 0 Å². The summed E-state index contributed by atoms with van der Waals surface area (Å²) >= 11 is 0. The Bertz CT molecular complexity index is 654. The molecule has 24 heavy (non-hydrogen) atoms. The van der Waals surface area contributed by atoms with Gasteiger partial charge in [0, 0.05) is 11.8 Å². The van der Waals surface area contributed by atoms with Crippen LogP contribution >= 0.6 is 0 Å². The highest BCUT2D eigenvalue weighted by atomic mass is 19.1. The van der Waals surface area contributed by atoms with Gasteiger partial charge in [0.15, 0.2) is 0 Å². The molecule has 1 aliphatic carbocycles. The highest BCUT2D eigenvalue weighted by molar-refractivity contribution is 5.60. The molecule has 1 saturated carbocycles. The van der Waals surface area contributed by atoms with E-state index < -0.39 is 0 Å². The Morgan fingerprint density at radius 2 is 1.83 bits per heavy atom. The first-order valence-electron chi connectivity index (χ1n) is 9.46. The van der Waals surface area contributed by atoms with Gasteiger partial charge in [0.05, 0.1) is 5.69 Å². The zero-order valence-electron chi connectivity index (χ0n) is 14.9. The molecule has 0 spiro atoms. The molecule has 0 unspecified atom stereocenters. The molecule has 2 aromatic rings. The summed E-state index contributed by atoms with van der Waals surface area (Å²) in [7, 11) is 0. The van der Waals surface area contributed by atoms with E-state index in [4.69, 9.17) is 0 Å². The number of rotatable bonds is 5. The quantitative estimate of drug-likeness (QED) is 0.609. The fourth-order valence-electron chi connectivity index (χ4n) is 3.92. The zero-order chi connectivity index (χ0) is 16.9. The van der Waals surface area contributed by atoms with Crippen LogP contribution in [0.3, 0.4) is 0 Å². The summed E-state index contributed by atoms with van der Waals surface area (Å²) in [5, 5.41) is 0. The van der Waals surface area contributed by atoms with Crippen LogP contribution in [0.4, 0.5) is 4.39 Å². The number of pyridine rings is 1. The summed E-state index contributed by atoms with van der Waals surface area (Å²) in [6.07, 6.45) is 10.4. The number of aromatic nitrogens is 1. The third-order valence-electron chi connectivity index (χ3n) is 5.53. The molecule has 0 radical (unpaired) electrons. The first-order valence-corrected chi connectivity index (χ1v) is 9.46. The van der Waals surface area contributed by atoms with Crippen LogP contribution in [0, 0.1) is 11.7 Å². The SMILES string of the molecule is CCCc1ccc(-c2ccc(C3CCC(CC)CC3)cn2)c(F)c1. The van der Waals surface area contributed by atoms with Crippen molar-refractivity contribution in [2.45, 2.75) is 64.7 Å². The third-order valence-corrected chi connectivity index (χ3v) is 5.53. The van der Waals surface area contributed by atoms with E-state index in [2.05, 4.69) is 24.9 Å². The predicted molar refractivity (Wildman–Crippen MR) is 98.6 cm³/mol. The number of halogens is 1. The summed E-state index contributed by atoms with van der Waals surface area (Å²) in [4.78, 5) is 4.56. The van der Waals surface area contributed by atoms with Crippen molar-refractivity contribution < 1.29 is 4.39 Å². The zero-order valence-corrected chi connectivity index (χ0v) is 14.9. The Morgan fingerprint density at radius 1 is 1.04 bits per heavy atom. The molecule has 2 heteroatoms. The van der Waals surface area contributed by atoms with Gasteiger partial charge in [0.25, 0.3) is 0 Å². The maximum Gasteiger partial charge on any atom is 0.132 e. The van der Waals surface area contributed by atoms with Gasteiger partial charge in [-0.15, -0.1) is 0 Å². The molecule has 1 heterocycles. The van der Waals surface area contributed by atoms with E-state index in [0.717, 1.165) is 30.0 Å². The standard InChI is InChI=1S/C22H28FN/c1-3-5-17-8-12-20(21(23)14-17)22-13-11-19(15-24-22)18-9-6-16(4-2)7-10-18/h8,11-16,18H,3-7,9-10H2,1-2H3. The lowest BCUT2D eigenvalue weighted by Crippen LogP contribution is -2.12. The van der Waals surface area contributed by atoms with Crippen LogP contribution < -0.4 is 0 Å². The van der Waals surface area contributed by atoms with Gasteiger partial charge in [-0.3, -0.25) is 4.98 Å². The Hall–Kier alpha value is -1.70. The summed E-state index contributed by atoms with van der Waals surface area (Å²) in [6, 6.07) is 9.68. The summed E-state index contributed by atoms with van der Waals surface area (Å²) in [5.41, 5.74) is 3.72. The number of nitrogens with zero attached hydrogens (tertiary/aromatic N) is 1. The maximum atomic E-state index is 14.4. The molecule has 0 saturated heterocycles. The van der Waals surface area contributed by atoms with Gasteiger partial charge in [-0.25, -0.2) is 4.39 Å². The predicted octanol–water partition coefficient (Wildman–Crippen LogP) is 6.52. The number of hydrogen-bond donors (Lipinski definition) is 0. The van der Waals surface area contributed by atoms with Crippen LogP contribution in [0.25, 0.3) is 11.3 Å². The lowest BCUT2D eigenvalue weighted by molar-refractivity contribution is 0.318. The molecule has 1 aliphatic rings. The monoisotopic (exact) mass is 325 g/mol. The van der Waals surface area contributed by atoms with E-state index in [9.17, 15) is 4.39 Å². The van der Waals surface area contributed by atoms with E-state index >= 15 is 0 Å². The summed E-state index contributed by atoms with van der Waals surface area (Å²) in [5.74, 6) is 1.37. The second-order valence-corrected chi connectivity index (χ2v) is 7.17. The number of hydrogen-bond acceptors (Lipinski definition) is 1. The van der Waals surface area contributed by atoms with Crippen molar-refractivity contribution in [3.63, 3.8) is 0 Å². The molecule has 3 rings (SSSR count). The average molecular weight is 325 g/mol. The van der Waals surface area contributed by atoms with Crippen molar-refractivity contribution in [3.8, 4) is 11.3 Å². The van der Waals surface area contributed by atoms with Crippen LogP contribution in [0.1, 0.15) is 69.4 Å². The van der Waals surface area contributed by atoms with Gasteiger partial charge in [0.2, 0.25) is 0 Å². The molecule has 0 amide bonds. The van der Waals surface area contributed by atoms with Crippen LogP contribution in [0.5, 0.6) is 0 Å². The smallest absolute Gasteiger partial charge is 0.132 e. The molecule has 1 nitrogen and oxygen atoms in total. The Labute approximate surface area is 145 Å². The van der Waals surface area contributed by atoms with Crippen LogP contribution in [0.15, 0.2) is 36.5 Å². The van der Waals surface area contributed by atoms with Gasteiger partial charge in [-0.1, -0.05) is 38.8 Å². The summed E-state index contributed by atoms with van der Waals surface area (Å²) in [6.45, 7) is 4.40. The second kappa shape index (κ2) is 7.92. The molecule has 1 fully saturated rings. The highest BCUT2D eigenvalue weighted by Gasteiger charge is 2.21. The number of aryl methyl sites for hydroxylation is 1.